The van der Waals surface area contributed by atoms with Gasteiger partial charge in [-0.25, -0.2) is 14.8 Å². The van der Waals surface area contributed by atoms with Crippen molar-refractivity contribution in [1.82, 2.24) is 14.4 Å². The van der Waals surface area contributed by atoms with Crippen LogP contribution in [0.5, 0.6) is 5.75 Å². The van der Waals surface area contributed by atoms with Gasteiger partial charge in [-0.05, 0) is 30.0 Å². The van der Waals surface area contributed by atoms with Gasteiger partial charge in [-0.3, -0.25) is 9.20 Å². The van der Waals surface area contributed by atoms with Gasteiger partial charge in [0.2, 0.25) is 5.75 Å². The van der Waals surface area contributed by atoms with Crippen LogP contribution in [0, 0.1) is 0 Å². The topological polar surface area (TPSA) is 93.8 Å². The normalized spacial score (nSPS) is 11.2. The summed E-state index contributed by atoms with van der Waals surface area (Å²) in [5.41, 5.74) is 2.24. The van der Waals surface area contributed by atoms with Crippen molar-refractivity contribution in [2.24, 2.45) is 0 Å². The van der Waals surface area contributed by atoms with Crippen LogP contribution in [0.3, 0.4) is 0 Å². The van der Waals surface area contributed by atoms with E-state index in [0.29, 0.717) is 11.6 Å². The number of carbonyl (C=O) groups is 1. The molecule has 7 nitrogen and oxygen atoms in total. The third-order valence-electron chi connectivity index (χ3n) is 3.88. The van der Waals surface area contributed by atoms with Crippen LogP contribution in [-0.4, -0.2) is 32.1 Å². The lowest BCUT2D eigenvalue weighted by atomic mass is 10.1. The fourth-order valence-electron chi connectivity index (χ4n) is 2.45. The molecule has 3 aromatic rings. The number of carboxylic acids is 1. The number of pyridine rings is 1. The molecule has 3 aromatic heterocycles. The summed E-state index contributed by atoms with van der Waals surface area (Å²) in [6, 6.07) is 3.70. The van der Waals surface area contributed by atoms with E-state index in [2.05, 4.69) is 29.2 Å². The Balaban J connectivity index is 1.75. The van der Waals surface area contributed by atoms with E-state index >= 15 is 0 Å². The van der Waals surface area contributed by atoms with Gasteiger partial charge in [0.15, 0.2) is 6.61 Å². The number of hydrogen-bond acceptors (Lipinski definition) is 6. The van der Waals surface area contributed by atoms with Crippen molar-refractivity contribution in [1.29, 1.82) is 0 Å². The van der Waals surface area contributed by atoms with Crippen LogP contribution in [0.25, 0.3) is 5.65 Å². The predicted octanol–water partition coefficient (Wildman–Crippen LogP) is 2.52. The average molecular weight is 373 g/mol. The second-order valence-electron chi connectivity index (χ2n) is 6.19. The van der Waals surface area contributed by atoms with Crippen LogP contribution in [-0.2, 0) is 17.6 Å². The van der Waals surface area contributed by atoms with Crippen LogP contribution in [0.4, 0.5) is 0 Å². The van der Waals surface area contributed by atoms with Crippen LogP contribution >= 0.6 is 11.3 Å². The van der Waals surface area contributed by atoms with E-state index in [-0.39, 0.29) is 5.75 Å². The van der Waals surface area contributed by atoms with Crippen LogP contribution < -0.4 is 10.3 Å². The highest BCUT2D eigenvalue weighted by molar-refractivity contribution is 7.09. The number of hydrogen-bond donors (Lipinski definition) is 1. The Morgan fingerprint density at radius 1 is 1.38 bits per heavy atom. The maximum atomic E-state index is 12.3. The third kappa shape index (κ3) is 4.08. The van der Waals surface area contributed by atoms with Crippen molar-refractivity contribution in [2.75, 3.05) is 6.61 Å². The number of fused-ring (bicyclic) bond motifs is 1. The van der Waals surface area contributed by atoms with Crippen molar-refractivity contribution in [3.63, 3.8) is 0 Å². The van der Waals surface area contributed by atoms with Crippen LogP contribution in [0.15, 0.2) is 34.7 Å². The summed E-state index contributed by atoms with van der Waals surface area (Å²) < 4.78 is 6.31. The zero-order valence-electron chi connectivity index (χ0n) is 14.5. The third-order valence-corrected chi connectivity index (χ3v) is 4.81. The van der Waals surface area contributed by atoms with Gasteiger partial charge in [0.25, 0.3) is 5.56 Å². The predicted molar refractivity (Wildman–Crippen MR) is 98.2 cm³/mol. The quantitative estimate of drug-likeness (QED) is 0.684. The van der Waals surface area contributed by atoms with Crippen LogP contribution in [0.1, 0.15) is 36.0 Å². The molecule has 26 heavy (non-hydrogen) atoms. The number of ether oxygens (including phenoxy) is 1. The van der Waals surface area contributed by atoms with Crippen molar-refractivity contribution >= 4 is 23.0 Å². The van der Waals surface area contributed by atoms with Gasteiger partial charge < -0.3 is 9.84 Å². The van der Waals surface area contributed by atoms with Crippen molar-refractivity contribution in [3.8, 4) is 5.75 Å². The maximum absolute atomic E-state index is 12.3. The van der Waals surface area contributed by atoms with Gasteiger partial charge >= 0.3 is 5.97 Å². The van der Waals surface area contributed by atoms with E-state index in [1.807, 2.05) is 12.1 Å². The zero-order chi connectivity index (χ0) is 18.7. The summed E-state index contributed by atoms with van der Waals surface area (Å²) >= 11 is 1.67. The molecule has 0 aliphatic carbocycles. The smallest absolute Gasteiger partial charge is 0.341 e. The lowest BCUT2D eigenvalue weighted by Crippen LogP contribution is -2.20. The van der Waals surface area contributed by atoms with Gasteiger partial charge in [0.05, 0.1) is 16.9 Å². The molecule has 136 valence electrons. The lowest BCUT2D eigenvalue weighted by molar-refractivity contribution is -0.139. The minimum Gasteiger partial charge on any atom is -0.479 e. The Bertz CT molecular complexity index is 994. The summed E-state index contributed by atoms with van der Waals surface area (Å²) in [7, 11) is 0. The molecule has 0 radical (unpaired) electrons. The molecule has 0 amide bonds. The number of aryl methyl sites for hydroxylation is 2. The van der Waals surface area contributed by atoms with Gasteiger partial charge in [-0.2, -0.15) is 0 Å². The molecule has 8 heteroatoms. The molecular weight excluding hydrogens is 354 g/mol. The number of rotatable bonds is 7. The first-order chi connectivity index (χ1) is 12.4. The summed E-state index contributed by atoms with van der Waals surface area (Å²) in [5, 5.41) is 11.8. The molecule has 0 aromatic carbocycles. The minimum absolute atomic E-state index is 0.0818. The van der Waals surface area contributed by atoms with Gasteiger partial charge in [0.1, 0.15) is 5.65 Å². The first-order valence-electron chi connectivity index (χ1n) is 8.23. The molecule has 1 N–H and O–H groups in total. The first-order valence-corrected chi connectivity index (χ1v) is 9.11. The molecule has 0 unspecified atom stereocenters. The summed E-state index contributed by atoms with van der Waals surface area (Å²) in [4.78, 5) is 31.7. The van der Waals surface area contributed by atoms with Crippen molar-refractivity contribution in [2.45, 2.75) is 32.6 Å². The zero-order valence-corrected chi connectivity index (χ0v) is 15.3. The van der Waals surface area contributed by atoms with Crippen molar-refractivity contribution < 1.29 is 14.6 Å². The van der Waals surface area contributed by atoms with E-state index in [0.717, 1.165) is 29.1 Å². The summed E-state index contributed by atoms with van der Waals surface area (Å²) in [6.07, 6.45) is 4.53. The van der Waals surface area contributed by atoms with E-state index in [1.165, 1.54) is 10.6 Å². The van der Waals surface area contributed by atoms with E-state index < -0.39 is 18.1 Å². The Kier molecular flexibility index (Phi) is 5.32. The van der Waals surface area contributed by atoms with E-state index in [9.17, 15) is 9.59 Å². The average Bonchev–Trinajstić information content (AvgIpc) is 3.08. The number of aliphatic carboxylic acids is 1. The maximum Gasteiger partial charge on any atom is 0.341 e. The fourth-order valence-corrected chi connectivity index (χ4v) is 3.41. The monoisotopic (exact) mass is 373 g/mol. The highest BCUT2D eigenvalue weighted by Crippen LogP contribution is 2.19. The molecule has 0 bridgehead atoms. The Labute approximate surface area is 153 Å². The number of nitrogens with zero attached hydrogens (tertiary/aromatic N) is 3. The van der Waals surface area contributed by atoms with E-state index in [1.54, 1.807) is 17.5 Å². The second kappa shape index (κ2) is 7.65. The first kappa shape index (κ1) is 18.1. The van der Waals surface area contributed by atoms with Crippen molar-refractivity contribution in [3.05, 3.63) is 56.5 Å². The largest absolute Gasteiger partial charge is 0.479 e. The van der Waals surface area contributed by atoms with Crippen LogP contribution in [0.2, 0.25) is 0 Å². The molecule has 0 fully saturated rings. The summed E-state index contributed by atoms with van der Waals surface area (Å²) in [6.45, 7) is 3.67. The Hall–Kier alpha value is -2.74. The Morgan fingerprint density at radius 3 is 2.88 bits per heavy atom. The Morgan fingerprint density at radius 2 is 2.19 bits per heavy atom. The highest BCUT2D eigenvalue weighted by atomic mass is 32.1. The molecular formula is C18H19N3O4S. The standard InChI is InChI=1S/C18H19N3O4S/c1-11(2)13-10-26-16(20-13)4-3-12-5-6-21-15(7-12)19-8-14(18(21)24)25-9-17(22)23/h5-8,10-11H,3-4,9H2,1-2H3,(H,22,23). The molecule has 0 spiro atoms. The molecule has 0 aliphatic heterocycles. The van der Waals surface area contributed by atoms with Gasteiger partial charge in [-0.15, -0.1) is 11.3 Å². The second-order valence-corrected chi connectivity index (χ2v) is 7.14. The molecule has 0 atom stereocenters. The number of carboxylic acid groups (broad SMARTS) is 1. The fraction of sp³-hybridized carbons (Fsp3) is 0.333. The highest BCUT2D eigenvalue weighted by Gasteiger charge is 2.09. The lowest BCUT2D eigenvalue weighted by Gasteiger charge is -2.06. The van der Waals surface area contributed by atoms with Gasteiger partial charge in [0, 0.05) is 18.0 Å². The number of aromatic nitrogens is 3. The molecule has 0 saturated heterocycles. The van der Waals surface area contributed by atoms with Gasteiger partial charge in [-0.1, -0.05) is 13.8 Å². The summed E-state index contributed by atoms with van der Waals surface area (Å²) in [5.74, 6) is -0.802. The van der Waals surface area contributed by atoms with E-state index in [4.69, 9.17) is 9.84 Å². The molecule has 3 heterocycles. The number of thiazole rings is 1. The molecule has 0 saturated carbocycles. The molecule has 3 rings (SSSR count). The SMILES string of the molecule is CC(C)c1csc(CCc2ccn3c(=O)c(OCC(=O)O)cnc3c2)n1. The minimum atomic E-state index is -1.15. The molecule has 0 aliphatic rings.